The van der Waals surface area contributed by atoms with Crippen LogP contribution in [0.2, 0.25) is 5.02 Å². The molecule has 1 aromatic carbocycles. The Morgan fingerprint density at radius 3 is 2.36 bits per heavy atom. The highest BCUT2D eigenvalue weighted by molar-refractivity contribution is 6.33. The Morgan fingerprint density at radius 1 is 1.09 bits per heavy atom. The van der Waals surface area contributed by atoms with E-state index in [4.69, 9.17) is 16.3 Å². The molecule has 116 valence electrons. The topological polar surface area (TPSA) is 34.5 Å². The molecule has 2 aromatic rings. The van der Waals surface area contributed by atoms with E-state index in [1.807, 2.05) is 26.0 Å². The first-order chi connectivity index (χ1) is 10.6. The van der Waals surface area contributed by atoms with Crippen molar-refractivity contribution in [3.63, 3.8) is 0 Å². The summed E-state index contributed by atoms with van der Waals surface area (Å²) in [5.41, 5.74) is 3.77. The van der Waals surface area contributed by atoms with Crippen LogP contribution in [0.1, 0.15) is 21.7 Å². The van der Waals surface area contributed by atoms with E-state index < -0.39 is 0 Å². The number of carbonyl (C=O) groups excluding carboxylic acids is 1. The van der Waals surface area contributed by atoms with E-state index in [1.54, 1.807) is 11.0 Å². The van der Waals surface area contributed by atoms with Crippen LogP contribution in [0.25, 0.3) is 5.69 Å². The molecule has 22 heavy (non-hydrogen) atoms. The van der Waals surface area contributed by atoms with Crippen molar-refractivity contribution in [2.45, 2.75) is 13.8 Å². The monoisotopic (exact) mass is 318 g/mol. The van der Waals surface area contributed by atoms with Crippen LogP contribution >= 0.6 is 11.6 Å². The number of amides is 1. The molecule has 1 aliphatic rings. The number of halogens is 1. The van der Waals surface area contributed by atoms with Crippen LogP contribution in [0.15, 0.2) is 30.3 Å². The molecule has 1 fully saturated rings. The minimum Gasteiger partial charge on any atom is -0.378 e. The van der Waals surface area contributed by atoms with Crippen LogP contribution in [-0.4, -0.2) is 41.7 Å². The van der Waals surface area contributed by atoms with Gasteiger partial charge in [-0.15, -0.1) is 0 Å². The van der Waals surface area contributed by atoms with Gasteiger partial charge in [0.15, 0.2) is 0 Å². The van der Waals surface area contributed by atoms with Gasteiger partial charge in [0.1, 0.15) is 0 Å². The Bertz CT molecular complexity index is 683. The van der Waals surface area contributed by atoms with Gasteiger partial charge >= 0.3 is 0 Å². The largest absolute Gasteiger partial charge is 0.378 e. The number of nitrogens with zero attached hydrogens (tertiary/aromatic N) is 2. The quantitative estimate of drug-likeness (QED) is 0.852. The normalized spacial score (nSPS) is 15.1. The summed E-state index contributed by atoms with van der Waals surface area (Å²) in [6.07, 6.45) is 0. The van der Waals surface area contributed by atoms with Crippen molar-refractivity contribution in [1.82, 2.24) is 9.47 Å². The molecule has 4 nitrogen and oxygen atoms in total. The Morgan fingerprint density at radius 2 is 1.73 bits per heavy atom. The highest BCUT2D eigenvalue weighted by Crippen LogP contribution is 2.24. The molecule has 0 N–H and O–H groups in total. The highest BCUT2D eigenvalue weighted by atomic mass is 35.5. The minimum atomic E-state index is -0.0300. The predicted molar refractivity (Wildman–Crippen MR) is 87.0 cm³/mol. The molecule has 0 unspecified atom stereocenters. The van der Waals surface area contributed by atoms with Gasteiger partial charge in [0, 0.05) is 30.2 Å². The second kappa shape index (κ2) is 6.15. The lowest BCUT2D eigenvalue weighted by Crippen LogP contribution is -2.40. The van der Waals surface area contributed by atoms with Gasteiger partial charge in [-0.2, -0.15) is 0 Å². The number of ether oxygens (including phenoxy) is 1. The molecule has 0 saturated carbocycles. The molecule has 0 bridgehead atoms. The van der Waals surface area contributed by atoms with E-state index in [9.17, 15) is 4.79 Å². The standard InChI is InChI=1S/C17H19ClN2O2/c1-12-3-4-13(2)20(12)14-5-6-16(18)15(11-14)17(21)19-7-9-22-10-8-19/h3-6,11H,7-10H2,1-2H3. The first kappa shape index (κ1) is 15.1. The maximum Gasteiger partial charge on any atom is 0.255 e. The lowest BCUT2D eigenvalue weighted by Gasteiger charge is -2.27. The number of hydrogen-bond donors (Lipinski definition) is 0. The lowest BCUT2D eigenvalue weighted by molar-refractivity contribution is 0.0303. The maximum atomic E-state index is 12.7. The first-order valence-electron chi connectivity index (χ1n) is 7.40. The first-order valence-corrected chi connectivity index (χ1v) is 7.77. The van der Waals surface area contributed by atoms with Gasteiger partial charge in [0.2, 0.25) is 0 Å². The van der Waals surface area contributed by atoms with E-state index in [0.29, 0.717) is 36.9 Å². The molecule has 0 radical (unpaired) electrons. The van der Waals surface area contributed by atoms with E-state index in [1.165, 1.54) is 0 Å². The number of aryl methyl sites for hydroxylation is 2. The molecule has 2 heterocycles. The predicted octanol–water partition coefficient (Wildman–Crippen LogP) is 3.22. The smallest absolute Gasteiger partial charge is 0.255 e. The number of benzene rings is 1. The molecule has 0 aliphatic carbocycles. The van der Waals surface area contributed by atoms with E-state index in [-0.39, 0.29) is 5.91 Å². The van der Waals surface area contributed by atoms with Crippen molar-refractivity contribution < 1.29 is 9.53 Å². The molecule has 1 saturated heterocycles. The molecule has 1 amide bonds. The van der Waals surface area contributed by atoms with E-state index in [2.05, 4.69) is 16.7 Å². The molecular weight excluding hydrogens is 300 g/mol. The third-order valence-corrected chi connectivity index (χ3v) is 4.34. The summed E-state index contributed by atoms with van der Waals surface area (Å²) >= 11 is 6.26. The van der Waals surface area contributed by atoms with Gasteiger partial charge in [-0.1, -0.05) is 11.6 Å². The van der Waals surface area contributed by atoms with Crippen molar-refractivity contribution in [2.75, 3.05) is 26.3 Å². The Balaban J connectivity index is 1.98. The number of aromatic nitrogens is 1. The molecule has 1 aromatic heterocycles. The Kier molecular flexibility index (Phi) is 4.23. The van der Waals surface area contributed by atoms with Gasteiger partial charge in [-0.25, -0.2) is 0 Å². The third kappa shape index (κ3) is 2.76. The number of rotatable bonds is 2. The highest BCUT2D eigenvalue weighted by Gasteiger charge is 2.21. The van der Waals surface area contributed by atoms with Crippen LogP contribution in [0.4, 0.5) is 0 Å². The summed E-state index contributed by atoms with van der Waals surface area (Å²) in [6, 6.07) is 9.74. The second-order valence-electron chi connectivity index (χ2n) is 5.52. The van der Waals surface area contributed by atoms with Crippen molar-refractivity contribution in [1.29, 1.82) is 0 Å². The van der Waals surface area contributed by atoms with Gasteiger partial charge < -0.3 is 14.2 Å². The van der Waals surface area contributed by atoms with Crippen LogP contribution in [-0.2, 0) is 4.74 Å². The summed E-state index contributed by atoms with van der Waals surface area (Å²) in [7, 11) is 0. The Hall–Kier alpha value is -1.78. The zero-order chi connectivity index (χ0) is 15.7. The molecule has 3 rings (SSSR count). The molecular formula is C17H19ClN2O2. The number of hydrogen-bond acceptors (Lipinski definition) is 2. The second-order valence-corrected chi connectivity index (χ2v) is 5.93. The Labute approximate surface area is 135 Å². The summed E-state index contributed by atoms with van der Waals surface area (Å²) < 4.78 is 7.42. The molecule has 5 heteroatoms. The lowest BCUT2D eigenvalue weighted by atomic mass is 10.1. The van der Waals surface area contributed by atoms with Crippen LogP contribution in [0, 0.1) is 13.8 Å². The zero-order valence-corrected chi connectivity index (χ0v) is 13.6. The fourth-order valence-electron chi connectivity index (χ4n) is 2.83. The van der Waals surface area contributed by atoms with Crippen LogP contribution < -0.4 is 0 Å². The minimum absolute atomic E-state index is 0.0300. The van der Waals surface area contributed by atoms with Gasteiger partial charge in [0.05, 0.1) is 23.8 Å². The molecule has 0 atom stereocenters. The average Bonchev–Trinajstić information content (AvgIpc) is 2.87. The fraction of sp³-hybridized carbons (Fsp3) is 0.353. The van der Waals surface area contributed by atoms with Crippen molar-refractivity contribution in [2.24, 2.45) is 0 Å². The van der Waals surface area contributed by atoms with Gasteiger partial charge in [-0.05, 0) is 44.2 Å². The fourth-order valence-corrected chi connectivity index (χ4v) is 3.03. The SMILES string of the molecule is Cc1ccc(C)n1-c1ccc(Cl)c(C(=O)N2CCOCC2)c1. The summed E-state index contributed by atoms with van der Waals surface area (Å²) in [4.78, 5) is 14.5. The van der Waals surface area contributed by atoms with Crippen molar-refractivity contribution in [3.05, 3.63) is 52.3 Å². The number of carbonyl (C=O) groups is 1. The summed E-state index contributed by atoms with van der Waals surface area (Å²) in [6.45, 7) is 6.48. The van der Waals surface area contributed by atoms with E-state index >= 15 is 0 Å². The maximum absolute atomic E-state index is 12.7. The van der Waals surface area contributed by atoms with Crippen molar-refractivity contribution >= 4 is 17.5 Å². The van der Waals surface area contributed by atoms with E-state index in [0.717, 1.165) is 17.1 Å². The summed E-state index contributed by atoms with van der Waals surface area (Å²) in [5, 5.41) is 0.489. The number of morpholine rings is 1. The van der Waals surface area contributed by atoms with Crippen LogP contribution in [0.3, 0.4) is 0 Å². The average molecular weight is 319 g/mol. The third-order valence-electron chi connectivity index (χ3n) is 4.01. The van der Waals surface area contributed by atoms with Gasteiger partial charge in [0.25, 0.3) is 5.91 Å². The molecule has 0 spiro atoms. The molecule has 1 aliphatic heterocycles. The van der Waals surface area contributed by atoms with Gasteiger partial charge in [-0.3, -0.25) is 4.79 Å². The van der Waals surface area contributed by atoms with Crippen molar-refractivity contribution in [3.8, 4) is 5.69 Å². The van der Waals surface area contributed by atoms with Crippen LogP contribution in [0.5, 0.6) is 0 Å². The summed E-state index contributed by atoms with van der Waals surface area (Å²) in [5.74, 6) is -0.0300. The zero-order valence-electron chi connectivity index (χ0n) is 12.8.